The fourth-order valence-corrected chi connectivity index (χ4v) is 1.20. The molecular weight excluding hydrogens is 192 g/mol. The molecule has 0 aliphatic heterocycles. The molecule has 0 bridgehead atoms. The molecule has 0 aliphatic rings. The van der Waals surface area contributed by atoms with Crippen molar-refractivity contribution < 1.29 is 15.0 Å². The molecule has 1 rings (SSSR count). The molecule has 6 heteroatoms. The number of carbonyl (C=O) groups is 1. The first kappa shape index (κ1) is 11.7. The van der Waals surface area contributed by atoms with Gasteiger partial charge in [-0.1, -0.05) is 0 Å². The van der Waals surface area contributed by atoms with Crippen molar-refractivity contribution in [2.24, 2.45) is 0 Å². The highest BCUT2D eigenvalue weighted by molar-refractivity contribution is 7.12. The predicted molar refractivity (Wildman–Crippen MR) is 52.3 cm³/mol. The van der Waals surface area contributed by atoms with Crippen LogP contribution in [0.25, 0.3) is 0 Å². The Morgan fingerprint density at radius 2 is 2.08 bits per heavy atom. The second kappa shape index (κ2) is 5.39. The molecule has 0 saturated heterocycles. The van der Waals surface area contributed by atoms with Crippen LogP contribution in [0.4, 0.5) is 5.69 Å². The number of aromatic hydroxyl groups is 1. The maximum Gasteiger partial charge on any atom is 0.349 e. The lowest BCUT2D eigenvalue weighted by Crippen LogP contribution is -1.92. The van der Waals surface area contributed by atoms with Gasteiger partial charge in [-0.05, 0) is 14.1 Å². The van der Waals surface area contributed by atoms with Crippen LogP contribution in [0, 0.1) is 0 Å². The third-order valence-corrected chi connectivity index (χ3v) is 1.96. The van der Waals surface area contributed by atoms with Gasteiger partial charge in [-0.2, -0.15) is 0 Å². The smallest absolute Gasteiger partial charge is 0.349 e. The molecule has 1 heterocycles. The van der Waals surface area contributed by atoms with E-state index in [1.165, 1.54) is 5.38 Å². The van der Waals surface area contributed by atoms with Gasteiger partial charge in [-0.15, -0.1) is 11.3 Å². The quantitative estimate of drug-likeness (QED) is 0.536. The highest BCUT2D eigenvalue weighted by Crippen LogP contribution is 2.30. The Bertz CT molecular complexity index is 285. The molecule has 0 amide bonds. The topological polar surface area (TPSA) is 95.6 Å². The average molecular weight is 204 g/mol. The Hall–Kier alpha value is -1.27. The van der Waals surface area contributed by atoms with Gasteiger partial charge >= 0.3 is 5.97 Å². The van der Waals surface area contributed by atoms with Gasteiger partial charge < -0.3 is 21.3 Å². The number of nitrogens with two attached hydrogens (primary N) is 1. The molecule has 0 unspecified atom stereocenters. The number of carboxylic acid groups (broad SMARTS) is 1. The van der Waals surface area contributed by atoms with Crippen LogP contribution in [-0.4, -0.2) is 30.3 Å². The minimum absolute atomic E-state index is 0.113. The van der Waals surface area contributed by atoms with Gasteiger partial charge in [-0.3, -0.25) is 0 Å². The van der Waals surface area contributed by atoms with Gasteiger partial charge in [0.1, 0.15) is 0 Å². The number of hydrogen-bond donors (Lipinski definition) is 4. The van der Waals surface area contributed by atoms with Crippen LogP contribution in [0.1, 0.15) is 9.67 Å². The number of nitrogens with one attached hydrogen (secondary N) is 1. The van der Waals surface area contributed by atoms with Crippen LogP contribution in [0.2, 0.25) is 0 Å². The average Bonchev–Trinajstić information content (AvgIpc) is 2.34. The van der Waals surface area contributed by atoms with Crippen LogP contribution in [0.3, 0.4) is 0 Å². The van der Waals surface area contributed by atoms with E-state index in [1.54, 1.807) is 0 Å². The molecular formula is C7H12N2O3S. The molecule has 0 aromatic carbocycles. The summed E-state index contributed by atoms with van der Waals surface area (Å²) >= 11 is 0.910. The van der Waals surface area contributed by atoms with Gasteiger partial charge in [0.15, 0.2) is 10.6 Å². The zero-order chi connectivity index (χ0) is 10.4. The van der Waals surface area contributed by atoms with Crippen molar-refractivity contribution in [1.29, 1.82) is 0 Å². The molecule has 5 nitrogen and oxygen atoms in total. The van der Waals surface area contributed by atoms with Crippen LogP contribution >= 0.6 is 11.3 Å². The molecule has 0 fully saturated rings. The number of anilines is 1. The molecule has 0 spiro atoms. The largest absolute Gasteiger partial charge is 0.504 e. The summed E-state index contributed by atoms with van der Waals surface area (Å²) in [6, 6.07) is 0. The molecule has 0 saturated carbocycles. The normalized spacial score (nSPS) is 8.77. The molecule has 1 aromatic rings. The molecule has 13 heavy (non-hydrogen) atoms. The lowest BCUT2D eigenvalue weighted by molar-refractivity contribution is 0.0699. The SMILES string of the molecule is CNC.Nc1csc(C(=O)O)c1O. The van der Waals surface area contributed by atoms with Crippen LogP contribution in [0.15, 0.2) is 5.38 Å². The number of hydrogen-bond acceptors (Lipinski definition) is 5. The van der Waals surface area contributed by atoms with Crippen LogP contribution in [0.5, 0.6) is 5.75 Å². The molecule has 0 radical (unpaired) electrons. The number of rotatable bonds is 1. The minimum atomic E-state index is -1.15. The predicted octanol–water partition coefficient (Wildman–Crippen LogP) is 0.570. The van der Waals surface area contributed by atoms with E-state index in [2.05, 4.69) is 5.32 Å². The van der Waals surface area contributed by atoms with Crippen molar-refractivity contribution in [1.82, 2.24) is 5.32 Å². The van der Waals surface area contributed by atoms with E-state index < -0.39 is 5.97 Å². The first-order chi connectivity index (χ1) is 6.04. The van der Waals surface area contributed by atoms with Gasteiger partial charge in [0.25, 0.3) is 0 Å². The van der Waals surface area contributed by atoms with Gasteiger partial charge in [-0.25, -0.2) is 4.79 Å². The molecule has 0 aliphatic carbocycles. The van der Waals surface area contributed by atoms with E-state index in [9.17, 15) is 4.79 Å². The number of aromatic carboxylic acids is 1. The molecule has 0 atom stereocenters. The molecule has 1 aromatic heterocycles. The Kier molecular flexibility index (Phi) is 4.86. The molecule has 5 N–H and O–H groups in total. The second-order valence-corrected chi connectivity index (χ2v) is 3.05. The highest BCUT2D eigenvalue weighted by Gasteiger charge is 2.13. The monoisotopic (exact) mass is 204 g/mol. The number of carboxylic acids is 1. The lowest BCUT2D eigenvalue weighted by Gasteiger charge is -1.89. The summed E-state index contributed by atoms with van der Waals surface area (Å²) in [5.74, 6) is -1.49. The lowest BCUT2D eigenvalue weighted by atomic mass is 10.4. The van der Waals surface area contributed by atoms with E-state index in [0.717, 1.165) is 11.3 Å². The molecule has 74 valence electrons. The van der Waals surface area contributed by atoms with Gasteiger partial charge in [0.05, 0.1) is 5.69 Å². The second-order valence-electron chi connectivity index (χ2n) is 2.17. The highest BCUT2D eigenvalue weighted by atomic mass is 32.1. The number of thiophene rings is 1. The Balaban J connectivity index is 0.000000424. The van der Waals surface area contributed by atoms with Crippen molar-refractivity contribution >= 4 is 23.0 Å². The van der Waals surface area contributed by atoms with Gasteiger partial charge in [0, 0.05) is 5.38 Å². The summed E-state index contributed by atoms with van der Waals surface area (Å²) in [6.45, 7) is 0. The van der Waals surface area contributed by atoms with E-state index in [4.69, 9.17) is 15.9 Å². The summed E-state index contributed by atoms with van der Waals surface area (Å²) in [4.78, 5) is 10.1. The van der Waals surface area contributed by atoms with Crippen molar-refractivity contribution in [3.05, 3.63) is 10.3 Å². The first-order valence-corrected chi connectivity index (χ1v) is 4.30. The van der Waals surface area contributed by atoms with Crippen LogP contribution < -0.4 is 11.1 Å². The van der Waals surface area contributed by atoms with Crippen LogP contribution in [-0.2, 0) is 0 Å². The fraction of sp³-hybridized carbons (Fsp3) is 0.286. The van der Waals surface area contributed by atoms with E-state index >= 15 is 0 Å². The summed E-state index contributed by atoms with van der Waals surface area (Å²) in [7, 11) is 3.75. The summed E-state index contributed by atoms with van der Waals surface area (Å²) in [5.41, 5.74) is 5.29. The minimum Gasteiger partial charge on any atom is -0.504 e. The van der Waals surface area contributed by atoms with Crippen molar-refractivity contribution in [2.45, 2.75) is 0 Å². The fourth-order valence-electron chi connectivity index (χ4n) is 0.517. The third kappa shape index (κ3) is 3.30. The first-order valence-electron chi connectivity index (χ1n) is 3.42. The standard InChI is InChI=1S/C5H5NO3S.C2H7N/c6-2-1-10-4(3(2)7)5(8)9;1-3-2/h1,7H,6H2,(H,8,9);3H,1-2H3. The third-order valence-electron chi connectivity index (χ3n) is 0.986. The van der Waals surface area contributed by atoms with Crippen molar-refractivity contribution in [3.63, 3.8) is 0 Å². The Labute approximate surface area is 79.8 Å². The summed E-state index contributed by atoms with van der Waals surface area (Å²) in [6.07, 6.45) is 0. The maximum atomic E-state index is 10.2. The Morgan fingerprint density at radius 1 is 1.62 bits per heavy atom. The Morgan fingerprint density at radius 3 is 2.23 bits per heavy atom. The maximum absolute atomic E-state index is 10.2. The van der Waals surface area contributed by atoms with E-state index in [-0.39, 0.29) is 16.3 Å². The zero-order valence-electron chi connectivity index (χ0n) is 7.37. The summed E-state index contributed by atoms with van der Waals surface area (Å²) < 4.78 is 0. The summed E-state index contributed by atoms with van der Waals surface area (Å²) in [5, 5.41) is 21.4. The zero-order valence-corrected chi connectivity index (χ0v) is 8.18. The van der Waals surface area contributed by atoms with E-state index in [0.29, 0.717) is 0 Å². The van der Waals surface area contributed by atoms with Gasteiger partial charge in [0.2, 0.25) is 0 Å². The van der Waals surface area contributed by atoms with E-state index in [1.807, 2.05) is 14.1 Å². The van der Waals surface area contributed by atoms with Crippen molar-refractivity contribution in [2.75, 3.05) is 19.8 Å². The number of nitrogen functional groups attached to an aromatic ring is 1. The van der Waals surface area contributed by atoms with Crippen molar-refractivity contribution in [3.8, 4) is 5.75 Å².